The fourth-order valence-corrected chi connectivity index (χ4v) is 2.02. The normalized spacial score (nSPS) is 12.3. The number of nitrogens with zero attached hydrogens (tertiary/aromatic N) is 3. The Morgan fingerprint density at radius 1 is 1.21 bits per heavy atom. The minimum absolute atomic E-state index is 0.0502. The smallest absolute Gasteiger partial charge is 0.213 e. The van der Waals surface area contributed by atoms with Crippen molar-refractivity contribution in [3.05, 3.63) is 46.9 Å². The van der Waals surface area contributed by atoms with E-state index in [4.69, 9.17) is 16.0 Å². The number of rotatable bonds is 5. The first-order valence-electron chi connectivity index (χ1n) is 7.96. The van der Waals surface area contributed by atoms with Crippen molar-refractivity contribution in [3.63, 3.8) is 0 Å². The fourth-order valence-electron chi connectivity index (χ4n) is 1.91. The minimum atomic E-state index is -0.0502. The summed E-state index contributed by atoms with van der Waals surface area (Å²) in [6, 6.07) is 3.67. The molecule has 0 aliphatic rings. The predicted molar refractivity (Wildman–Crippen MR) is 96.1 cm³/mol. The average Bonchev–Trinajstić information content (AvgIpc) is 3.01. The van der Waals surface area contributed by atoms with Gasteiger partial charge in [-0.2, -0.15) is 0 Å². The van der Waals surface area contributed by atoms with Crippen LogP contribution in [0.5, 0.6) is 0 Å². The van der Waals surface area contributed by atoms with Gasteiger partial charge in [0.05, 0.1) is 19.3 Å². The van der Waals surface area contributed by atoms with Crippen LogP contribution in [0, 0.1) is 0 Å². The molecule has 24 heavy (non-hydrogen) atoms. The standard InChI is InChI=1S/C17H24ClN5O/c1-5-19-16(22-9-12-6-7-14(18)20-8-12)23-11-15-21-10-13(24-15)17(2,3)4/h6-8,10H,5,9,11H2,1-4H3,(H2,19,22,23). The molecule has 2 N–H and O–H groups in total. The third kappa shape index (κ3) is 5.53. The van der Waals surface area contributed by atoms with Gasteiger partial charge in [-0.1, -0.05) is 38.4 Å². The molecule has 0 aliphatic heterocycles. The maximum atomic E-state index is 5.79. The summed E-state index contributed by atoms with van der Waals surface area (Å²) < 4.78 is 5.77. The molecule has 0 saturated heterocycles. The molecule has 2 aromatic heterocycles. The Balaban J connectivity index is 1.96. The van der Waals surface area contributed by atoms with Crippen molar-refractivity contribution in [1.82, 2.24) is 20.6 Å². The lowest BCUT2D eigenvalue weighted by Crippen LogP contribution is -2.36. The van der Waals surface area contributed by atoms with Gasteiger partial charge < -0.3 is 15.1 Å². The van der Waals surface area contributed by atoms with Crippen molar-refractivity contribution >= 4 is 17.6 Å². The number of nitrogens with one attached hydrogen (secondary N) is 2. The molecule has 0 unspecified atom stereocenters. The van der Waals surface area contributed by atoms with E-state index < -0.39 is 0 Å². The third-order valence-electron chi connectivity index (χ3n) is 3.25. The number of oxazole rings is 1. The van der Waals surface area contributed by atoms with Crippen LogP contribution in [0.1, 0.15) is 44.9 Å². The molecular formula is C17H24ClN5O. The largest absolute Gasteiger partial charge is 0.443 e. The zero-order chi connectivity index (χ0) is 17.6. The Bertz CT molecular complexity index is 673. The van der Waals surface area contributed by atoms with Gasteiger partial charge in [-0.05, 0) is 18.6 Å². The molecule has 2 aromatic rings. The molecule has 0 aromatic carbocycles. The molecule has 6 nitrogen and oxygen atoms in total. The molecule has 0 spiro atoms. The molecule has 2 rings (SSSR count). The van der Waals surface area contributed by atoms with E-state index in [1.165, 1.54) is 0 Å². The maximum Gasteiger partial charge on any atom is 0.213 e. The number of hydrogen-bond donors (Lipinski definition) is 2. The Labute approximate surface area is 147 Å². The second-order valence-electron chi connectivity index (χ2n) is 6.41. The predicted octanol–water partition coefficient (Wildman–Crippen LogP) is 3.28. The van der Waals surface area contributed by atoms with Crippen LogP contribution in [0.2, 0.25) is 5.15 Å². The first-order valence-corrected chi connectivity index (χ1v) is 8.34. The molecule has 0 bridgehead atoms. The molecule has 130 valence electrons. The second kappa shape index (κ2) is 8.15. The molecule has 0 aliphatic carbocycles. The molecule has 0 saturated carbocycles. The highest BCUT2D eigenvalue weighted by Crippen LogP contribution is 2.22. The third-order valence-corrected chi connectivity index (χ3v) is 3.48. The summed E-state index contributed by atoms with van der Waals surface area (Å²) in [5.41, 5.74) is 0.938. The van der Waals surface area contributed by atoms with Crippen molar-refractivity contribution in [2.45, 2.75) is 46.2 Å². The maximum absolute atomic E-state index is 5.79. The van der Waals surface area contributed by atoms with Crippen molar-refractivity contribution < 1.29 is 4.42 Å². The lowest BCUT2D eigenvalue weighted by atomic mass is 9.94. The monoisotopic (exact) mass is 349 g/mol. The van der Waals surface area contributed by atoms with Crippen LogP contribution in [0.3, 0.4) is 0 Å². The van der Waals surface area contributed by atoms with Crippen LogP contribution < -0.4 is 10.6 Å². The highest BCUT2D eigenvalue weighted by atomic mass is 35.5. The van der Waals surface area contributed by atoms with Gasteiger partial charge in [0.25, 0.3) is 0 Å². The lowest BCUT2D eigenvalue weighted by Gasteiger charge is -2.13. The van der Waals surface area contributed by atoms with Gasteiger partial charge in [-0.15, -0.1) is 0 Å². The zero-order valence-corrected chi connectivity index (χ0v) is 15.3. The van der Waals surface area contributed by atoms with Gasteiger partial charge in [0.15, 0.2) is 5.96 Å². The van der Waals surface area contributed by atoms with Crippen molar-refractivity contribution in [2.75, 3.05) is 6.54 Å². The van der Waals surface area contributed by atoms with E-state index in [1.807, 2.05) is 13.0 Å². The molecule has 0 fully saturated rings. The molecule has 0 amide bonds. The lowest BCUT2D eigenvalue weighted by molar-refractivity contribution is 0.379. The number of pyridine rings is 1. The number of aliphatic imine (C=N–C) groups is 1. The van der Waals surface area contributed by atoms with Crippen LogP contribution in [-0.4, -0.2) is 22.5 Å². The van der Waals surface area contributed by atoms with Gasteiger partial charge in [0, 0.05) is 18.2 Å². The number of hydrogen-bond acceptors (Lipinski definition) is 4. The van der Waals surface area contributed by atoms with Gasteiger partial charge in [-0.25, -0.2) is 15.0 Å². The summed E-state index contributed by atoms with van der Waals surface area (Å²) in [5.74, 6) is 2.20. The van der Waals surface area contributed by atoms with Crippen LogP contribution >= 0.6 is 11.6 Å². The van der Waals surface area contributed by atoms with Crippen LogP contribution in [-0.2, 0) is 18.5 Å². The summed E-state index contributed by atoms with van der Waals surface area (Å²) in [5, 5.41) is 6.89. The van der Waals surface area contributed by atoms with Crippen molar-refractivity contribution in [2.24, 2.45) is 4.99 Å². The van der Waals surface area contributed by atoms with Gasteiger partial charge in [-0.3, -0.25) is 0 Å². The molecular weight excluding hydrogens is 326 g/mol. The average molecular weight is 350 g/mol. The first kappa shape index (κ1) is 18.3. The van der Waals surface area contributed by atoms with E-state index in [0.29, 0.717) is 30.1 Å². The van der Waals surface area contributed by atoms with Gasteiger partial charge in [0.2, 0.25) is 5.89 Å². The zero-order valence-electron chi connectivity index (χ0n) is 14.6. The van der Waals surface area contributed by atoms with Crippen LogP contribution in [0.15, 0.2) is 33.9 Å². The topological polar surface area (TPSA) is 75.3 Å². The second-order valence-corrected chi connectivity index (χ2v) is 6.79. The Hall–Kier alpha value is -2.08. The Morgan fingerprint density at radius 3 is 2.58 bits per heavy atom. The molecule has 0 atom stereocenters. The van der Waals surface area contributed by atoms with Gasteiger partial charge >= 0.3 is 0 Å². The van der Waals surface area contributed by atoms with E-state index in [1.54, 1.807) is 18.5 Å². The highest BCUT2D eigenvalue weighted by Gasteiger charge is 2.19. The Kier molecular flexibility index (Phi) is 6.20. The molecule has 2 heterocycles. The Morgan fingerprint density at radius 2 is 2.00 bits per heavy atom. The van der Waals surface area contributed by atoms with Crippen molar-refractivity contribution in [1.29, 1.82) is 0 Å². The molecule has 7 heteroatoms. The van der Waals surface area contributed by atoms with Crippen molar-refractivity contribution in [3.8, 4) is 0 Å². The quantitative estimate of drug-likeness (QED) is 0.492. The van der Waals surface area contributed by atoms with Gasteiger partial charge in [0.1, 0.15) is 10.9 Å². The highest BCUT2D eigenvalue weighted by molar-refractivity contribution is 6.29. The minimum Gasteiger partial charge on any atom is -0.443 e. The van der Waals surface area contributed by atoms with E-state index in [0.717, 1.165) is 17.9 Å². The number of guanidine groups is 1. The van der Waals surface area contributed by atoms with E-state index in [2.05, 4.69) is 46.4 Å². The summed E-state index contributed by atoms with van der Waals surface area (Å²) in [6.07, 6.45) is 3.50. The fraction of sp³-hybridized carbons (Fsp3) is 0.471. The van der Waals surface area contributed by atoms with Crippen LogP contribution in [0.4, 0.5) is 0 Å². The summed E-state index contributed by atoms with van der Waals surface area (Å²) >= 11 is 5.79. The van der Waals surface area contributed by atoms with E-state index in [-0.39, 0.29) is 5.41 Å². The SMILES string of the molecule is CCNC(=NCc1ccc(Cl)nc1)NCc1ncc(C(C)(C)C)o1. The number of halogens is 1. The summed E-state index contributed by atoms with van der Waals surface area (Å²) in [4.78, 5) is 12.9. The van der Waals surface area contributed by atoms with E-state index in [9.17, 15) is 0 Å². The van der Waals surface area contributed by atoms with Crippen LogP contribution in [0.25, 0.3) is 0 Å². The summed E-state index contributed by atoms with van der Waals surface area (Å²) in [6.45, 7) is 10.1. The first-order chi connectivity index (χ1) is 11.4. The summed E-state index contributed by atoms with van der Waals surface area (Å²) in [7, 11) is 0. The molecule has 0 radical (unpaired) electrons. The van der Waals surface area contributed by atoms with E-state index >= 15 is 0 Å². The number of aromatic nitrogens is 2.